The maximum Gasteiger partial charge on any atom is 0.244 e. The van der Waals surface area contributed by atoms with Gasteiger partial charge < -0.3 is 5.32 Å². The molecule has 2 aromatic rings. The Morgan fingerprint density at radius 3 is 2.54 bits per heavy atom. The highest BCUT2D eigenvalue weighted by Gasteiger charge is 2.10. The van der Waals surface area contributed by atoms with Crippen molar-refractivity contribution in [3.63, 3.8) is 0 Å². The third-order valence-corrected chi connectivity index (χ3v) is 5.12. The standard InChI is InChI=1S/C20H24N2OS/c23-20(11-10-19-5-4-14-24-19)21-15-17-6-8-18(9-7-17)16-22-12-2-1-3-13-22/h4-11,14H,1-3,12-13,15-16H2,(H,21,23). The van der Waals surface area contributed by atoms with Crippen molar-refractivity contribution < 1.29 is 4.79 Å². The van der Waals surface area contributed by atoms with Crippen LogP contribution in [-0.2, 0) is 17.9 Å². The largest absolute Gasteiger partial charge is 0.348 e. The Bertz CT molecular complexity index is 655. The van der Waals surface area contributed by atoms with Crippen molar-refractivity contribution in [3.05, 3.63) is 63.9 Å². The number of likely N-dealkylation sites (tertiary alicyclic amines) is 1. The van der Waals surface area contributed by atoms with Crippen molar-refractivity contribution >= 4 is 23.3 Å². The van der Waals surface area contributed by atoms with Crippen LogP contribution in [0.1, 0.15) is 35.3 Å². The number of rotatable bonds is 6. The fourth-order valence-electron chi connectivity index (χ4n) is 2.93. The minimum atomic E-state index is -0.0548. The molecule has 0 unspecified atom stereocenters. The number of benzene rings is 1. The van der Waals surface area contributed by atoms with E-state index < -0.39 is 0 Å². The van der Waals surface area contributed by atoms with Gasteiger partial charge in [0.1, 0.15) is 0 Å². The third-order valence-electron chi connectivity index (χ3n) is 4.29. The molecule has 1 aliphatic heterocycles. The first kappa shape index (κ1) is 16.9. The molecule has 126 valence electrons. The smallest absolute Gasteiger partial charge is 0.244 e. The minimum Gasteiger partial charge on any atom is -0.348 e. The summed E-state index contributed by atoms with van der Waals surface area (Å²) in [4.78, 5) is 15.5. The molecule has 4 heteroatoms. The number of nitrogens with zero attached hydrogens (tertiary/aromatic N) is 1. The Balaban J connectivity index is 1.44. The van der Waals surface area contributed by atoms with Gasteiger partial charge in [-0.2, -0.15) is 0 Å². The Kier molecular flexibility index (Phi) is 6.21. The van der Waals surface area contributed by atoms with E-state index in [4.69, 9.17) is 0 Å². The number of carbonyl (C=O) groups excluding carboxylic acids is 1. The molecule has 24 heavy (non-hydrogen) atoms. The zero-order chi connectivity index (χ0) is 16.6. The van der Waals surface area contributed by atoms with Gasteiger partial charge in [-0.05, 0) is 54.6 Å². The van der Waals surface area contributed by atoms with E-state index in [1.165, 1.54) is 37.9 Å². The van der Waals surface area contributed by atoms with E-state index >= 15 is 0 Å². The summed E-state index contributed by atoms with van der Waals surface area (Å²) in [6.45, 7) is 4.04. The molecule has 1 aliphatic rings. The van der Waals surface area contributed by atoms with Crippen LogP contribution in [0, 0.1) is 0 Å². The van der Waals surface area contributed by atoms with Crippen LogP contribution < -0.4 is 5.32 Å². The van der Waals surface area contributed by atoms with Crippen molar-refractivity contribution in [2.24, 2.45) is 0 Å². The van der Waals surface area contributed by atoms with E-state index in [1.807, 2.05) is 23.6 Å². The van der Waals surface area contributed by atoms with Crippen molar-refractivity contribution in [1.82, 2.24) is 10.2 Å². The van der Waals surface area contributed by atoms with Crippen molar-refractivity contribution in [2.45, 2.75) is 32.4 Å². The second kappa shape index (κ2) is 8.81. The molecule has 1 aromatic heterocycles. The molecule has 0 atom stereocenters. The van der Waals surface area contributed by atoms with Crippen LogP contribution in [0.4, 0.5) is 0 Å². The summed E-state index contributed by atoms with van der Waals surface area (Å²) in [7, 11) is 0. The fraction of sp³-hybridized carbons (Fsp3) is 0.350. The number of hydrogen-bond donors (Lipinski definition) is 1. The molecular formula is C20H24N2OS. The second-order valence-corrected chi connectivity index (χ2v) is 7.20. The molecule has 0 spiro atoms. The van der Waals surface area contributed by atoms with Crippen LogP contribution in [0.5, 0.6) is 0 Å². The molecule has 1 saturated heterocycles. The van der Waals surface area contributed by atoms with Gasteiger partial charge in [-0.3, -0.25) is 9.69 Å². The summed E-state index contributed by atoms with van der Waals surface area (Å²) in [6, 6.07) is 12.6. The molecule has 1 aromatic carbocycles. The van der Waals surface area contributed by atoms with Gasteiger partial charge in [-0.15, -0.1) is 11.3 Å². The number of nitrogens with one attached hydrogen (secondary N) is 1. The molecule has 3 nitrogen and oxygen atoms in total. The van der Waals surface area contributed by atoms with E-state index in [2.05, 4.69) is 34.5 Å². The Morgan fingerprint density at radius 1 is 1.08 bits per heavy atom. The van der Waals surface area contributed by atoms with Crippen LogP contribution >= 0.6 is 11.3 Å². The van der Waals surface area contributed by atoms with E-state index in [-0.39, 0.29) is 5.91 Å². The monoisotopic (exact) mass is 340 g/mol. The fourth-order valence-corrected chi connectivity index (χ4v) is 3.55. The summed E-state index contributed by atoms with van der Waals surface area (Å²) >= 11 is 1.62. The maximum absolute atomic E-state index is 11.8. The zero-order valence-electron chi connectivity index (χ0n) is 13.9. The third kappa shape index (κ3) is 5.32. The highest BCUT2D eigenvalue weighted by atomic mass is 32.1. The zero-order valence-corrected chi connectivity index (χ0v) is 14.7. The second-order valence-electron chi connectivity index (χ2n) is 6.22. The van der Waals surface area contributed by atoms with Gasteiger partial charge in [0.2, 0.25) is 5.91 Å². The van der Waals surface area contributed by atoms with Crippen molar-refractivity contribution in [2.75, 3.05) is 13.1 Å². The molecular weight excluding hydrogens is 316 g/mol. The Morgan fingerprint density at radius 2 is 1.83 bits per heavy atom. The maximum atomic E-state index is 11.8. The number of carbonyl (C=O) groups is 1. The first-order valence-corrected chi connectivity index (χ1v) is 9.47. The topological polar surface area (TPSA) is 32.3 Å². The lowest BCUT2D eigenvalue weighted by molar-refractivity contribution is -0.116. The Hall–Kier alpha value is -1.91. The molecule has 3 rings (SSSR count). The van der Waals surface area contributed by atoms with Gasteiger partial charge in [0.05, 0.1) is 0 Å². The van der Waals surface area contributed by atoms with Crippen LogP contribution in [0.15, 0.2) is 47.9 Å². The predicted octanol–water partition coefficient (Wildman–Crippen LogP) is 4.06. The van der Waals surface area contributed by atoms with Crippen molar-refractivity contribution in [1.29, 1.82) is 0 Å². The van der Waals surface area contributed by atoms with Gasteiger partial charge in [0.25, 0.3) is 0 Å². The molecule has 1 N–H and O–H groups in total. The quantitative estimate of drug-likeness (QED) is 0.804. The minimum absolute atomic E-state index is 0.0548. The van der Waals surface area contributed by atoms with Gasteiger partial charge in [-0.1, -0.05) is 36.8 Å². The highest BCUT2D eigenvalue weighted by molar-refractivity contribution is 7.10. The lowest BCUT2D eigenvalue weighted by Gasteiger charge is -2.26. The molecule has 1 amide bonds. The van der Waals surface area contributed by atoms with Crippen LogP contribution in [0.3, 0.4) is 0 Å². The SMILES string of the molecule is O=C(C=Cc1cccs1)NCc1ccc(CN2CCCCC2)cc1. The first-order chi connectivity index (χ1) is 11.8. The molecule has 0 saturated carbocycles. The summed E-state index contributed by atoms with van der Waals surface area (Å²) in [5.74, 6) is -0.0548. The Labute approximate surface area is 148 Å². The van der Waals surface area contributed by atoms with E-state index in [1.54, 1.807) is 17.4 Å². The highest BCUT2D eigenvalue weighted by Crippen LogP contribution is 2.14. The predicted molar refractivity (Wildman–Crippen MR) is 101 cm³/mol. The molecule has 1 fully saturated rings. The molecule has 2 heterocycles. The summed E-state index contributed by atoms with van der Waals surface area (Å²) in [6.07, 6.45) is 7.46. The molecule has 0 bridgehead atoms. The van der Waals surface area contributed by atoms with E-state index in [9.17, 15) is 4.79 Å². The first-order valence-electron chi connectivity index (χ1n) is 8.59. The lowest BCUT2D eigenvalue weighted by atomic mass is 10.1. The van der Waals surface area contributed by atoms with E-state index in [0.29, 0.717) is 6.54 Å². The van der Waals surface area contributed by atoms with Crippen LogP contribution in [0.2, 0.25) is 0 Å². The summed E-state index contributed by atoms with van der Waals surface area (Å²) in [5.41, 5.74) is 2.49. The number of hydrogen-bond acceptors (Lipinski definition) is 3. The van der Waals surface area contributed by atoms with Crippen LogP contribution in [0.25, 0.3) is 6.08 Å². The summed E-state index contributed by atoms with van der Waals surface area (Å²) < 4.78 is 0. The average molecular weight is 340 g/mol. The molecule has 0 aliphatic carbocycles. The van der Waals surface area contributed by atoms with Crippen molar-refractivity contribution in [3.8, 4) is 0 Å². The number of thiophene rings is 1. The van der Waals surface area contributed by atoms with Gasteiger partial charge in [0.15, 0.2) is 0 Å². The number of piperidine rings is 1. The van der Waals surface area contributed by atoms with Crippen LogP contribution in [-0.4, -0.2) is 23.9 Å². The molecule has 0 radical (unpaired) electrons. The average Bonchev–Trinajstić information content (AvgIpc) is 3.14. The normalized spacial score (nSPS) is 15.7. The van der Waals surface area contributed by atoms with Gasteiger partial charge in [0, 0.05) is 24.0 Å². The van der Waals surface area contributed by atoms with Gasteiger partial charge in [-0.25, -0.2) is 0 Å². The van der Waals surface area contributed by atoms with E-state index in [0.717, 1.165) is 17.0 Å². The van der Waals surface area contributed by atoms with Gasteiger partial charge >= 0.3 is 0 Å². The summed E-state index contributed by atoms with van der Waals surface area (Å²) in [5, 5.41) is 4.93. The number of amides is 1. The lowest BCUT2D eigenvalue weighted by Crippen LogP contribution is -2.29.